The number of benzene rings is 1. The molecule has 1 aromatic heterocycles. The Labute approximate surface area is 196 Å². The van der Waals surface area contributed by atoms with Crippen molar-refractivity contribution in [2.24, 2.45) is 4.99 Å². The molecule has 0 bridgehead atoms. The van der Waals surface area contributed by atoms with E-state index >= 15 is 0 Å². The van der Waals surface area contributed by atoms with Gasteiger partial charge in [-0.1, -0.05) is 12.1 Å². The van der Waals surface area contributed by atoms with E-state index in [9.17, 15) is 33.0 Å². The average molecular weight is 494 g/mol. The lowest BCUT2D eigenvalue weighted by Crippen LogP contribution is -2.44. The predicted molar refractivity (Wildman–Crippen MR) is 118 cm³/mol. The Morgan fingerprint density at radius 3 is 2.47 bits per heavy atom. The minimum atomic E-state index is -3.22. The summed E-state index contributed by atoms with van der Waals surface area (Å²) in [6, 6.07) is 2.62. The highest BCUT2D eigenvalue weighted by Gasteiger charge is 2.49. The molecule has 0 amide bonds. The van der Waals surface area contributed by atoms with Gasteiger partial charge in [-0.3, -0.25) is 14.7 Å². The summed E-state index contributed by atoms with van der Waals surface area (Å²) in [7, 11) is 1.54. The minimum Gasteiger partial charge on any atom is -0.480 e. The van der Waals surface area contributed by atoms with Gasteiger partial charge >= 0.3 is 11.9 Å². The van der Waals surface area contributed by atoms with Gasteiger partial charge in [-0.05, 0) is 24.6 Å². The number of likely N-dealkylation sites (N-methyl/N-ethyl adjacent to an activating group) is 1. The highest BCUT2D eigenvalue weighted by Crippen LogP contribution is 2.38. The van der Waals surface area contributed by atoms with Crippen molar-refractivity contribution in [3.63, 3.8) is 0 Å². The van der Waals surface area contributed by atoms with Crippen molar-refractivity contribution < 1.29 is 33.0 Å². The maximum atomic E-state index is 14.1. The van der Waals surface area contributed by atoms with E-state index in [1.54, 1.807) is 13.2 Å². The van der Waals surface area contributed by atoms with Gasteiger partial charge in [0.05, 0.1) is 12.1 Å². The maximum Gasteiger partial charge on any atom is 0.335 e. The first-order chi connectivity index (χ1) is 16.0. The van der Waals surface area contributed by atoms with Gasteiger partial charge in [0.2, 0.25) is 0 Å². The molecule has 0 aliphatic carbocycles. The van der Waals surface area contributed by atoms with Gasteiger partial charge in [0.1, 0.15) is 17.9 Å². The van der Waals surface area contributed by atoms with Crippen LogP contribution < -0.4 is 0 Å². The molecule has 2 aromatic rings. The fourth-order valence-corrected chi connectivity index (χ4v) is 5.00. The number of aliphatic carboxylic acids is 2. The first kappa shape index (κ1) is 23.9. The standard InChI is InChI=1S/C22H21F3N4O4S/c1-11-8-26-19(34-11)18-27-17(12-3-5-13(23)6-4-12)16(21(32)33)15(28(18)2)9-29-10-22(24,25)7-14(29)20(30)31/h3-6,8,14,17H,7,9-10H2,1-2H3,(H,30,31)(H,32,33)/t14-,17-/m0/s1. The minimum absolute atomic E-state index is 0.114. The predicted octanol–water partition coefficient (Wildman–Crippen LogP) is 3.16. The quantitative estimate of drug-likeness (QED) is 0.636. The van der Waals surface area contributed by atoms with E-state index in [4.69, 9.17) is 0 Å². The third kappa shape index (κ3) is 4.55. The van der Waals surface area contributed by atoms with E-state index in [1.165, 1.54) is 40.5 Å². The lowest BCUT2D eigenvalue weighted by molar-refractivity contribution is -0.142. The van der Waals surface area contributed by atoms with Crippen molar-refractivity contribution >= 4 is 29.1 Å². The number of halogens is 3. The molecular weight excluding hydrogens is 473 g/mol. The van der Waals surface area contributed by atoms with Crippen LogP contribution in [0.3, 0.4) is 0 Å². The Morgan fingerprint density at radius 1 is 1.24 bits per heavy atom. The highest BCUT2D eigenvalue weighted by atomic mass is 32.1. The number of nitrogens with zero attached hydrogens (tertiary/aromatic N) is 4. The summed E-state index contributed by atoms with van der Waals surface area (Å²) in [5.41, 5.74) is 0.297. The van der Waals surface area contributed by atoms with E-state index < -0.39 is 48.7 Å². The molecule has 1 saturated heterocycles. The number of likely N-dealkylation sites (tertiary alicyclic amines) is 1. The molecule has 3 heterocycles. The Morgan fingerprint density at radius 2 is 1.91 bits per heavy atom. The fraction of sp³-hybridized carbons (Fsp3) is 0.364. The number of aliphatic imine (C=N–C) groups is 1. The van der Waals surface area contributed by atoms with Gasteiger partial charge in [0, 0.05) is 36.8 Å². The summed E-state index contributed by atoms with van der Waals surface area (Å²) in [5, 5.41) is 20.1. The number of hydrogen-bond donors (Lipinski definition) is 2. The number of thiazole rings is 1. The molecule has 0 saturated carbocycles. The fourth-order valence-electron chi connectivity index (χ4n) is 4.20. The number of amidine groups is 1. The topological polar surface area (TPSA) is 106 Å². The number of carboxylic acids is 2. The zero-order valence-corrected chi connectivity index (χ0v) is 19.0. The second-order valence-electron chi connectivity index (χ2n) is 8.23. The lowest BCUT2D eigenvalue weighted by atomic mass is 9.94. The Kier molecular flexibility index (Phi) is 6.21. The number of rotatable bonds is 6. The second kappa shape index (κ2) is 8.84. The van der Waals surface area contributed by atoms with Gasteiger partial charge in [-0.2, -0.15) is 0 Å². The third-order valence-electron chi connectivity index (χ3n) is 5.79. The van der Waals surface area contributed by atoms with Crippen molar-refractivity contribution in [1.82, 2.24) is 14.8 Å². The largest absolute Gasteiger partial charge is 0.480 e. The number of aromatic nitrogens is 1. The van der Waals surface area contributed by atoms with Crippen LogP contribution in [0.25, 0.3) is 0 Å². The molecule has 2 atom stereocenters. The number of hydrogen-bond acceptors (Lipinski definition) is 7. The molecule has 2 N–H and O–H groups in total. The van der Waals surface area contributed by atoms with Crippen LogP contribution in [0.5, 0.6) is 0 Å². The van der Waals surface area contributed by atoms with E-state index in [2.05, 4.69) is 9.98 Å². The van der Waals surface area contributed by atoms with Gasteiger partial charge in [0.15, 0.2) is 10.8 Å². The first-order valence-corrected chi connectivity index (χ1v) is 11.1. The molecule has 2 aliphatic heterocycles. The van der Waals surface area contributed by atoms with Crippen LogP contribution in [-0.4, -0.2) is 74.9 Å². The number of aryl methyl sites for hydroxylation is 1. The summed E-state index contributed by atoms with van der Waals surface area (Å²) in [6.45, 7) is 0.662. The van der Waals surface area contributed by atoms with E-state index in [0.29, 0.717) is 16.4 Å². The molecule has 0 spiro atoms. The molecule has 8 nitrogen and oxygen atoms in total. The Hall–Kier alpha value is -3.25. The molecule has 0 radical (unpaired) electrons. The first-order valence-electron chi connectivity index (χ1n) is 10.3. The summed E-state index contributed by atoms with van der Waals surface area (Å²) in [4.78, 5) is 36.4. The number of carbonyl (C=O) groups is 2. The zero-order chi connectivity index (χ0) is 24.8. The van der Waals surface area contributed by atoms with Crippen molar-refractivity contribution in [2.45, 2.75) is 31.4 Å². The summed E-state index contributed by atoms with van der Waals surface area (Å²) >= 11 is 1.32. The number of alkyl halides is 2. The number of carboxylic acid groups (broad SMARTS) is 2. The molecule has 0 unspecified atom stereocenters. The normalized spacial score (nSPS) is 22.7. The third-order valence-corrected chi connectivity index (χ3v) is 6.70. The molecule has 180 valence electrons. The van der Waals surface area contributed by atoms with Gasteiger partial charge in [-0.25, -0.2) is 22.9 Å². The van der Waals surface area contributed by atoms with E-state index in [0.717, 1.165) is 9.78 Å². The van der Waals surface area contributed by atoms with Crippen LogP contribution in [0.1, 0.15) is 27.9 Å². The smallest absolute Gasteiger partial charge is 0.335 e. The second-order valence-corrected chi connectivity index (χ2v) is 9.46. The molecule has 1 aromatic carbocycles. The summed E-state index contributed by atoms with van der Waals surface area (Å²) < 4.78 is 41.8. The molecule has 2 aliphatic rings. The monoisotopic (exact) mass is 494 g/mol. The average Bonchev–Trinajstić information content (AvgIpc) is 3.32. The summed E-state index contributed by atoms with van der Waals surface area (Å²) in [5.74, 6) is -6.17. The SMILES string of the molecule is Cc1cnc(C2=N[C@@H](c3ccc(F)cc3)C(C(=O)O)=C(CN3CC(F)(F)C[C@H]3C(=O)O)N2C)s1. The van der Waals surface area contributed by atoms with Crippen LogP contribution in [0.4, 0.5) is 13.2 Å². The van der Waals surface area contributed by atoms with Crippen molar-refractivity contribution in [3.8, 4) is 0 Å². The molecular formula is C22H21F3N4O4S. The van der Waals surface area contributed by atoms with Crippen molar-refractivity contribution in [1.29, 1.82) is 0 Å². The van der Waals surface area contributed by atoms with Crippen LogP contribution in [0.2, 0.25) is 0 Å². The van der Waals surface area contributed by atoms with Crippen molar-refractivity contribution in [2.75, 3.05) is 20.1 Å². The molecule has 4 rings (SSSR count). The van der Waals surface area contributed by atoms with Gasteiger partial charge < -0.3 is 15.1 Å². The van der Waals surface area contributed by atoms with Crippen molar-refractivity contribution in [3.05, 3.63) is 63.0 Å². The van der Waals surface area contributed by atoms with Crippen LogP contribution >= 0.6 is 11.3 Å². The van der Waals surface area contributed by atoms with Gasteiger partial charge in [-0.15, -0.1) is 11.3 Å². The van der Waals surface area contributed by atoms with Crippen LogP contribution in [0.15, 0.2) is 46.7 Å². The Balaban J connectivity index is 1.84. The molecule has 1 fully saturated rings. The lowest BCUT2D eigenvalue weighted by Gasteiger charge is -2.35. The Bertz CT molecular complexity index is 1200. The molecule has 34 heavy (non-hydrogen) atoms. The summed E-state index contributed by atoms with van der Waals surface area (Å²) in [6.07, 6.45) is 0.761. The van der Waals surface area contributed by atoms with E-state index in [1.807, 2.05) is 6.92 Å². The highest BCUT2D eigenvalue weighted by molar-refractivity contribution is 7.13. The van der Waals surface area contributed by atoms with Crippen LogP contribution in [0, 0.1) is 12.7 Å². The maximum absolute atomic E-state index is 14.1. The zero-order valence-electron chi connectivity index (χ0n) is 18.2. The van der Waals surface area contributed by atoms with Crippen LogP contribution in [-0.2, 0) is 9.59 Å². The molecule has 12 heteroatoms. The van der Waals surface area contributed by atoms with Gasteiger partial charge in [0.25, 0.3) is 5.92 Å². The van der Waals surface area contributed by atoms with E-state index in [-0.39, 0.29) is 17.8 Å².